The quantitative estimate of drug-likeness (QED) is 0.185. The van der Waals surface area contributed by atoms with E-state index in [2.05, 4.69) is 10.1 Å². The van der Waals surface area contributed by atoms with Gasteiger partial charge in [-0.3, -0.25) is 18.9 Å². The van der Waals surface area contributed by atoms with Gasteiger partial charge in [-0.25, -0.2) is 8.78 Å². The topological polar surface area (TPSA) is 147 Å². The number of benzene rings is 2. The lowest BCUT2D eigenvalue weighted by atomic mass is 10.1. The van der Waals surface area contributed by atoms with Crippen LogP contribution in [0.1, 0.15) is 23.7 Å². The van der Waals surface area contributed by atoms with Crippen LogP contribution in [0.15, 0.2) is 42.6 Å². The van der Waals surface area contributed by atoms with Gasteiger partial charge in [0.2, 0.25) is 11.8 Å². The summed E-state index contributed by atoms with van der Waals surface area (Å²) in [6.07, 6.45) is -6.89. The van der Waals surface area contributed by atoms with Gasteiger partial charge in [-0.2, -0.15) is 0 Å². The lowest BCUT2D eigenvalue weighted by Gasteiger charge is -2.24. The Morgan fingerprint density at radius 3 is 2.52 bits per heavy atom. The molecule has 1 aromatic heterocycles. The normalized spacial score (nSPS) is 17.4. The first-order chi connectivity index (χ1) is 19.5. The number of amides is 2. The van der Waals surface area contributed by atoms with Gasteiger partial charge in [0.15, 0.2) is 23.7 Å². The van der Waals surface area contributed by atoms with E-state index in [1.165, 1.54) is 35.9 Å². The van der Waals surface area contributed by atoms with Gasteiger partial charge >= 0.3 is 14.0 Å². The van der Waals surface area contributed by atoms with Gasteiger partial charge in [-0.05, 0) is 31.2 Å². The maximum atomic E-state index is 14.6. The maximum Gasteiger partial charge on any atom is 0.573 e. The minimum atomic E-state index is -5.20. The summed E-state index contributed by atoms with van der Waals surface area (Å²) in [5.74, 6) is -4.90. The number of hydrogen-bond donors (Lipinski definition) is 3. The number of hydrogen-bond acceptors (Lipinski definition) is 6. The summed E-state index contributed by atoms with van der Waals surface area (Å²) in [6, 6.07) is 5.38. The number of likely N-dealkylation sites (tertiary alicyclic amines) is 1. The molecule has 0 radical (unpaired) electrons. The van der Waals surface area contributed by atoms with Crippen LogP contribution in [0.2, 0.25) is 0 Å². The van der Waals surface area contributed by atoms with E-state index in [0.717, 1.165) is 17.0 Å². The second kappa shape index (κ2) is 11.7. The zero-order chi connectivity index (χ0) is 31.0. The van der Waals surface area contributed by atoms with Crippen molar-refractivity contribution >= 4 is 41.8 Å². The van der Waals surface area contributed by atoms with Crippen LogP contribution < -0.4 is 14.8 Å². The number of nitrogens with zero attached hydrogens (tertiary/aromatic N) is 2. The molecule has 3 N–H and O–H groups in total. The summed E-state index contributed by atoms with van der Waals surface area (Å²) in [6.45, 7) is 0.263. The van der Waals surface area contributed by atoms with Gasteiger partial charge in [0.25, 0.3) is 0 Å². The zero-order valence-electron chi connectivity index (χ0n) is 21.6. The van der Waals surface area contributed by atoms with Crippen molar-refractivity contribution in [2.45, 2.75) is 38.5 Å². The number of Topliss-reactive ketones (excluding diaryl/α,β-unsaturated/α-hetero) is 1. The Bertz CT molecular complexity index is 1590. The standard InChI is InChI=1S/C25H23F5N3O8P/c1-13(34)17-10-32(19-8-15(5-6-16(17)19)40-12-42(37,38)39)11-22(35)33-9-14(26)7-20(33)24(36)31-18-3-2-4-21(23(18)27)41-25(28,29)30/h2-6,8,10,14,20H,7,9,11-12H2,1H3,(H,31,36)(H2,37,38,39)/t14-,20+/m1/s1. The van der Waals surface area contributed by atoms with Crippen molar-refractivity contribution in [2.75, 3.05) is 18.2 Å². The molecule has 3 aromatic rings. The molecular formula is C25H23F5N3O8P. The van der Waals surface area contributed by atoms with Crippen molar-refractivity contribution in [2.24, 2.45) is 0 Å². The Labute approximate surface area is 233 Å². The van der Waals surface area contributed by atoms with Gasteiger partial charge in [-0.1, -0.05) is 6.07 Å². The highest BCUT2D eigenvalue weighted by Gasteiger charge is 2.40. The van der Waals surface area contributed by atoms with Crippen molar-refractivity contribution in [3.63, 3.8) is 0 Å². The van der Waals surface area contributed by atoms with Crippen LogP contribution in [0.3, 0.4) is 0 Å². The molecule has 0 saturated carbocycles. The van der Waals surface area contributed by atoms with E-state index in [9.17, 15) is 40.9 Å². The summed E-state index contributed by atoms with van der Waals surface area (Å²) in [5, 5.41) is 2.46. The smallest absolute Gasteiger partial charge is 0.481 e. The van der Waals surface area contributed by atoms with Crippen molar-refractivity contribution < 1.29 is 60.2 Å². The Morgan fingerprint density at radius 1 is 1.17 bits per heavy atom. The van der Waals surface area contributed by atoms with Crippen LogP contribution in [-0.2, 0) is 20.7 Å². The highest BCUT2D eigenvalue weighted by Crippen LogP contribution is 2.36. The molecule has 1 aliphatic heterocycles. The van der Waals surface area contributed by atoms with Crippen LogP contribution in [0, 0.1) is 5.82 Å². The third-order valence-electron chi connectivity index (χ3n) is 6.26. The molecule has 1 fully saturated rings. The fourth-order valence-electron chi connectivity index (χ4n) is 4.50. The minimum absolute atomic E-state index is 0.0220. The van der Waals surface area contributed by atoms with Crippen LogP contribution in [0.5, 0.6) is 11.5 Å². The molecular weight excluding hydrogens is 596 g/mol. The molecule has 0 bridgehead atoms. The van der Waals surface area contributed by atoms with E-state index in [4.69, 9.17) is 14.5 Å². The molecule has 0 unspecified atom stereocenters. The number of carbonyl (C=O) groups excluding carboxylic acids is 3. The van der Waals surface area contributed by atoms with E-state index in [0.29, 0.717) is 11.5 Å². The Hall–Kier alpha value is -4.01. The summed E-state index contributed by atoms with van der Waals surface area (Å²) in [7, 11) is -4.51. The van der Waals surface area contributed by atoms with Crippen LogP contribution in [0.4, 0.5) is 27.6 Å². The van der Waals surface area contributed by atoms with Gasteiger partial charge in [0.1, 0.15) is 24.5 Å². The molecule has 226 valence electrons. The van der Waals surface area contributed by atoms with Gasteiger partial charge < -0.3 is 34.0 Å². The van der Waals surface area contributed by atoms with Crippen molar-refractivity contribution in [1.82, 2.24) is 9.47 Å². The first kappa shape index (κ1) is 30.9. The number of ketones is 1. The predicted octanol–water partition coefficient (Wildman–Crippen LogP) is 3.97. The molecule has 2 aromatic carbocycles. The maximum absolute atomic E-state index is 14.6. The second-order valence-corrected chi connectivity index (χ2v) is 11.0. The van der Waals surface area contributed by atoms with Crippen molar-refractivity contribution in [1.29, 1.82) is 0 Å². The molecule has 1 saturated heterocycles. The average Bonchev–Trinajstić information content (AvgIpc) is 3.44. The molecule has 2 heterocycles. The summed E-state index contributed by atoms with van der Waals surface area (Å²) >= 11 is 0. The van der Waals surface area contributed by atoms with E-state index in [-0.39, 0.29) is 22.6 Å². The number of nitrogens with one attached hydrogen (secondary N) is 1. The minimum Gasteiger partial charge on any atom is -0.481 e. The number of rotatable bonds is 9. The van der Waals surface area contributed by atoms with Gasteiger partial charge in [-0.15, -0.1) is 13.2 Å². The lowest BCUT2D eigenvalue weighted by molar-refractivity contribution is -0.275. The predicted molar refractivity (Wildman–Crippen MR) is 136 cm³/mol. The Kier molecular flexibility index (Phi) is 8.62. The van der Waals surface area contributed by atoms with Crippen LogP contribution in [0.25, 0.3) is 10.9 Å². The fraction of sp³-hybridized carbons (Fsp3) is 0.320. The van der Waals surface area contributed by atoms with Gasteiger partial charge in [0.05, 0.1) is 17.7 Å². The molecule has 17 heteroatoms. The lowest BCUT2D eigenvalue weighted by Crippen LogP contribution is -2.44. The summed E-state index contributed by atoms with van der Waals surface area (Å²) in [5.41, 5.74) is -0.214. The molecule has 2 amide bonds. The number of ether oxygens (including phenoxy) is 2. The number of alkyl halides is 4. The van der Waals surface area contributed by atoms with Crippen LogP contribution in [-0.4, -0.2) is 68.3 Å². The molecule has 0 spiro atoms. The molecule has 2 atom stereocenters. The summed E-state index contributed by atoms with van der Waals surface area (Å²) in [4.78, 5) is 57.5. The van der Waals surface area contributed by atoms with Crippen LogP contribution >= 0.6 is 7.60 Å². The number of halogens is 5. The average molecular weight is 619 g/mol. The van der Waals surface area contributed by atoms with E-state index in [1.807, 2.05) is 0 Å². The van der Waals surface area contributed by atoms with Gasteiger partial charge in [0, 0.05) is 29.6 Å². The number of carbonyl (C=O) groups is 3. The number of fused-ring (bicyclic) bond motifs is 1. The zero-order valence-corrected chi connectivity index (χ0v) is 22.5. The molecule has 11 nitrogen and oxygen atoms in total. The van der Waals surface area contributed by atoms with E-state index in [1.54, 1.807) is 0 Å². The third kappa shape index (κ3) is 7.24. The number of aromatic nitrogens is 1. The Morgan fingerprint density at radius 2 is 1.88 bits per heavy atom. The third-order valence-corrected chi connectivity index (χ3v) is 6.72. The van der Waals surface area contributed by atoms with E-state index >= 15 is 0 Å². The number of anilines is 1. The van der Waals surface area contributed by atoms with Crippen molar-refractivity contribution in [3.05, 3.63) is 54.0 Å². The first-order valence-corrected chi connectivity index (χ1v) is 13.9. The second-order valence-electron chi connectivity index (χ2n) is 9.39. The summed E-state index contributed by atoms with van der Waals surface area (Å²) < 4.78 is 87.8. The monoisotopic (exact) mass is 619 g/mol. The molecule has 42 heavy (non-hydrogen) atoms. The largest absolute Gasteiger partial charge is 0.573 e. The Balaban J connectivity index is 1.57. The highest BCUT2D eigenvalue weighted by molar-refractivity contribution is 7.51. The SMILES string of the molecule is CC(=O)c1cn(CC(=O)N2C[C@H](F)C[C@H]2C(=O)Nc2cccc(OC(F)(F)F)c2F)c2cc(OCP(=O)(O)O)ccc12. The van der Waals surface area contributed by atoms with Crippen molar-refractivity contribution in [3.8, 4) is 11.5 Å². The molecule has 1 aliphatic rings. The molecule has 0 aliphatic carbocycles. The fourth-order valence-corrected chi connectivity index (χ4v) is 4.82. The first-order valence-electron chi connectivity index (χ1n) is 12.1. The highest BCUT2D eigenvalue weighted by atomic mass is 31.2. The van der Waals surface area contributed by atoms with E-state index < -0.39 is 81.1 Å². The molecule has 4 rings (SSSR count).